The van der Waals surface area contributed by atoms with E-state index in [9.17, 15) is 9.90 Å². The Kier molecular flexibility index (Phi) is 4.62. The zero-order chi connectivity index (χ0) is 11.3. The van der Waals surface area contributed by atoms with Crippen molar-refractivity contribution in [2.24, 2.45) is 11.3 Å². The van der Waals surface area contributed by atoms with Gasteiger partial charge in [0.15, 0.2) is 0 Å². The lowest BCUT2D eigenvalue weighted by Gasteiger charge is -2.30. The minimum absolute atomic E-state index is 0.397. The molecule has 1 saturated carbocycles. The first-order chi connectivity index (χ1) is 7.10. The van der Waals surface area contributed by atoms with E-state index in [0.717, 1.165) is 38.5 Å². The largest absolute Gasteiger partial charge is 0.481 e. The molecular weight excluding hydrogens is 188 g/mol. The van der Waals surface area contributed by atoms with Crippen LogP contribution >= 0.6 is 0 Å². The lowest BCUT2D eigenvalue weighted by atomic mass is 9.73. The predicted molar refractivity (Wildman–Crippen MR) is 61.8 cm³/mol. The van der Waals surface area contributed by atoms with Gasteiger partial charge in [-0.25, -0.2) is 0 Å². The number of carbonyl (C=O) groups is 1. The second-order valence-electron chi connectivity index (χ2n) is 5.22. The lowest BCUT2D eigenvalue weighted by Crippen LogP contribution is -2.32. The summed E-state index contributed by atoms with van der Waals surface area (Å²) in [6, 6.07) is 0. The maximum Gasteiger partial charge on any atom is 0.309 e. The van der Waals surface area contributed by atoms with Crippen molar-refractivity contribution in [1.82, 2.24) is 0 Å². The predicted octanol–water partition coefficient (Wildman–Crippen LogP) is 3.85. The van der Waals surface area contributed by atoms with E-state index in [-0.39, 0.29) is 0 Å². The number of hydrogen-bond acceptors (Lipinski definition) is 1. The molecular formula is C13H24O2. The fourth-order valence-electron chi connectivity index (χ4n) is 2.72. The Morgan fingerprint density at radius 3 is 2.20 bits per heavy atom. The van der Waals surface area contributed by atoms with Gasteiger partial charge in [-0.2, -0.15) is 0 Å². The molecule has 1 atom stereocenters. The summed E-state index contributed by atoms with van der Waals surface area (Å²) >= 11 is 0. The van der Waals surface area contributed by atoms with E-state index < -0.39 is 11.4 Å². The summed E-state index contributed by atoms with van der Waals surface area (Å²) in [4.78, 5) is 11.5. The molecule has 0 aromatic carbocycles. The highest BCUT2D eigenvalue weighted by molar-refractivity contribution is 5.74. The van der Waals surface area contributed by atoms with Gasteiger partial charge in [-0.3, -0.25) is 4.79 Å². The molecule has 0 aromatic rings. The van der Waals surface area contributed by atoms with Crippen molar-refractivity contribution in [2.45, 2.75) is 65.2 Å². The van der Waals surface area contributed by atoms with Gasteiger partial charge in [-0.1, -0.05) is 46.0 Å². The second-order valence-corrected chi connectivity index (χ2v) is 5.22. The third-order valence-electron chi connectivity index (χ3n) is 3.95. The molecule has 88 valence electrons. The summed E-state index contributed by atoms with van der Waals surface area (Å²) in [6.07, 6.45) is 8.39. The van der Waals surface area contributed by atoms with Gasteiger partial charge >= 0.3 is 5.97 Å². The maximum atomic E-state index is 11.5. The Balaban J connectivity index is 2.71. The van der Waals surface area contributed by atoms with Gasteiger partial charge in [0, 0.05) is 0 Å². The molecule has 1 fully saturated rings. The summed E-state index contributed by atoms with van der Waals surface area (Å²) in [5.41, 5.74) is -0.397. The fourth-order valence-corrected chi connectivity index (χ4v) is 2.72. The normalized spacial score (nSPS) is 23.1. The first-order valence-corrected chi connectivity index (χ1v) is 6.34. The van der Waals surface area contributed by atoms with Gasteiger partial charge < -0.3 is 5.11 Å². The molecule has 15 heavy (non-hydrogen) atoms. The van der Waals surface area contributed by atoms with Crippen LogP contribution in [0, 0.1) is 11.3 Å². The van der Waals surface area contributed by atoms with Crippen LogP contribution in [0.25, 0.3) is 0 Å². The first-order valence-electron chi connectivity index (χ1n) is 6.34. The summed E-state index contributed by atoms with van der Waals surface area (Å²) in [5.74, 6) is -0.0103. The van der Waals surface area contributed by atoms with E-state index in [4.69, 9.17) is 0 Å². The van der Waals surface area contributed by atoms with E-state index in [2.05, 4.69) is 13.8 Å². The van der Waals surface area contributed by atoms with Crippen LogP contribution in [0.5, 0.6) is 0 Å². The molecule has 0 amide bonds. The van der Waals surface area contributed by atoms with Crippen molar-refractivity contribution in [3.8, 4) is 0 Å². The van der Waals surface area contributed by atoms with Crippen molar-refractivity contribution in [3.05, 3.63) is 0 Å². The molecule has 0 heterocycles. The molecule has 1 N–H and O–H groups in total. The maximum absolute atomic E-state index is 11.5. The molecule has 0 spiro atoms. The molecule has 1 unspecified atom stereocenters. The van der Waals surface area contributed by atoms with E-state index >= 15 is 0 Å². The average Bonchev–Trinajstić information content (AvgIpc) is 2.44. The molecule has 0 saturated heterocycles. The molecule has 0 aromatic heterocycles. The molecule has 1 aliphatic carbocycles. The average molecular weight is 212 g/mol. The van der Waals surface area contributed by atoms with Crippen LogP contribution in [0.3, 0.4) is 0 Å². The standard InChI is InChI=1S/C13H24O2/c1-3-11(2)10-13(12(14)15)8-6-4-5-7-9-13/h11H,3-10H2,1-2H3,(H,14,15). The molecule has 0 bridgehead atoms. The molecule has 1 rings (SSSR count). The molecule has 2 heteroatoms. The SMILES string of the molecule is CCC(C)CC1(C(=O)O)CCCCCC1. The van der Waals surface area contributed by atoms with Crippen LogP contribution in [-0.4, -0.2) is 11.1 Å². The molecule has 2 nitrogen and oxygen atoms in total. The van der Waals surface area contributed by atoms with Crippen molar-refractivity contribution in [2.75, 3.05) is 0 Å². The zero-order valence-electron chi connectivity index (χ0n) is 10.1. The van der Waals surface area contributed by atoms with Gasteiger partial charge in [0.25, 0.3) is 0 Å². The van der Waals surface area contributed by atoms with Gasteiger partial charge in [-0.05, 0) is 25.2 Å². The van der Waals surface area contributed by atoms with Gasteiger partial charge in [0.05, 0.1) is 5.41 Å². The Hall–Kier alpha value is -0.530. The minimum Gasteiger partial charge on any atom is -0.481 e. The Morgan fingerprint density at radius 2 is 1.80 bits per heavy atom. The second kappa shape index (κ2) is 5.53. The first kappa shape index (κ1) is 12.5. The molecule has 0 radical (unpaired) electrons. The van der Waals surface area contributed by atoms with Crippen molar-refractivity contribution < 1.29 is 9.90 Å². The molecule has 0 aliphatic heterocycles. The topological polar surface area (TPSA) is 37.3 Å². The third kappa shape index (κ3) is 3.22. The lowest BCUT2D eigenvalue weighted by molar-refractivity contribution is -0.151. The summed E-state index contributed by atoms with van der Waals surface area (Å²) in [5, 5.41) is 9.46. The Labute approximate surface area is 93.1 Å². The monoisotopic (exact) mass is 212 g/mol. The Bertz CT molecular complexity index is 203. The van der Waals surface area contributed by atoms with Crippen LogP contribution in [0.4, 0.5) is 0 Å². The van der Waals surface area contributed by atoms with Crippen LogP contribution < -0.4 is 0 Å². The third-order valence-corrected chi connectivity index (χ3v) is 3.95. The number of rotatable bonds is 4. The van der Waals surface area contributed by atoms with Gasteiger partial charge in [0.1, 0.15) is 0 Å². The number of carboxylic acid groups (broad SMARTS) is 1. The number of carboxylic acids is 1. The van der Waals surface area contributed by atoms with Crippen molar-refractivity contribution in [3.63, 3.8) is 0 Å². The highest BCUT2D eigenvalue weighted by atomic mass is 16.4. The van der Waals surface area contributed by atoms with Gasteiger partial charge in [0.2, 0.25) is 0 Å². The van der Waals surface area contributed by atoms with E-state index in [1.807, 2.05) is 0 Å². The summed E-state index contributed by atoms with van der Waals surface area (Å²) < 4.78 is 0. The fraction of sp³-hybridized carbons (Fsp3) is 0.923. The van der Waals surface area contributed by atoms with Gasteiger partial charge in [-0.15, -0.1) is 0 Å². The van der Waals surface area contributed by atoms with Crippen LogP contribution in [-0.2, 0) is 4.79 Å². The highest BCUT2D eigenvalue weighted by Gasteiger charge is 2.39. The summed E-state index contributed by atoms with van der Waals surface area (Å²) in [7, 11) is 0. The smallest absolute Gasteiger partial charge is 0.309 e. The van der Waals surface area contributed by atoms with Crippen molar-refractivity contribution in [1.29, 1.82) is 0 Å². The van der Waals surface area contributed by atoms with Crippen molar-refractivity contribution >= 4 is 5.97 Å². The van der Waals surface area contributed by atoms with Crippen LogP contribution in [0.15, 0.2) is 0 Å². The number of hydrogen-bond donors (Lipinski definition) is 1. The zero-order valence-corrected chi connectivity index (χ0v) is 10.1. The van der Waals surface area contributed by atoms with E-state index in [0.29, 0.717) is 5.92 Å². The Morgan fingerprint density at radius 1 is 1.27 bits per heavy atom. The minimum atomic E-state index is -0.551. The van der Waals surface area contributed by atoms with E-state index in [1.165, 1.54) is 12.8 Å². The van der Waals surface area contributed by atoms with E-state index in [1.54, 1.807) is 0 Å². The number of aliphatic carboxylic acids is 1. The van der Waals surface area contributed by atoms with Crippen LogP contribution in [0.1, 0.15) is 65.2 Å². The quantitative estimate of drug-likeness (QED) is 0.719. The molecule has 1 aliphatic rings. The van der Waals surface area contributed by atoms with Crippen LogP contribution in [0.2, 0.25) is 0 Å². The highest BCUT2D eigenvalue weighted by Crippen LogP contribution is 2.41. The summed E-state index contributed by atoms with van der Waals surface area (Å²) in [6.45, 7) is 4.33.